The molecule has 1 fully saturated rings. The minimum Gasteiger partial charge on any atom is -0.335 e. The van der Waals surface area contributed by atoms with Crippen molar-refractivity contribution in [2.24, 2.45) is 14.1 Å². The van der Waals surface area contributed by atoms with Crippen LogP contribution >= 0.6 is 11.6 Å². The molecule has 0 aliphatic heterocycles. The molecular formula is C15H19ClN6O4. The first-order valence-electron chi connectivity index (χ1n) is 8.21. The molecule has 2 aromatic rings. The van der Waals surface area contributed by atoms with E-state index in [0.29, 0.717) is 0 Å². The minimum absolute atomic E-state index is 0.0194. The lowest BCUT2D eigenvalue weighted by atomic mass is 10.2. The Kier molecular flexibility index (Phi) is 4.86. The van der Waals surface area contributed by atoms with E-state index >= 15 is 0 Å². The first-order valence-corrected chi connectivity index (χ1v) is 8.59. The molecule has 1 saturated carbocycles. The largest absolute Gasteiger partial charge is 0.335 e. The van der Waals surface area contributed by atoms with Gasteiger partial charge >= 0.3 is 11.7 Å². The third-order valence-corrected chi connectivity index (χ3v) is 4.84. The number of aromatic nitrogens is 4. The van der Waals surface area contributed by atoms with Gasteiger partial charge in [0.05, 0.1) is 0 Å². The highest BCUT2D eigenvalue weighted by Gasteiger charge is 2.22. The molecule has 3 amide bonds. The van der Waals surface area contributed by atoms with Crippen LogP contribution in [0.2, 0.25) is 5.28 Å². The van der Waals surface area contributed by atoms with Crippen LogP contribution in [0.3, 0.4) is 0 Å². The van der Waals surface area contributed by atoms with Gasteiger partial charge in [-0.3, -0.25) is 28.6 Å². The van der Waals surface area contributed by atoms with Crippen molar-refractivity contribution in [1.29, 1.82) is 0 Å². The van der Waals surface area contributed by atoms with Gasteiger partial charge in [0, 0.05) is 20.1 Å². The Labute approximate surface area is 152 Å². The number of nitrogens with one attached hydrogen (secondary N) is 2. The van der Waals surface area contributed by atoms with E-state index in [-0.39, 0.29) is 29.0 Å². The van der Waals surface area contributed by atoms with Gasteiger partial charge in [-0.2, -0.15) is 4.98 Å². The van der Waals surface area contributed by atoms with Gasteiger partial charge < -0.3 is 5.32 Å². The van der Waals surface area contributed by atoms with Crippen LogP contribution in [0, 0.1) is 0 Å². The summed E-state index contributed by atoms with van der Waals surface area (Å²) in [6.45, 7) is -0.374. The zero-order valence-corrected chi connectivity index (χ0v) is 15.2. The van der Waals surface area contributed by atoms with Crippen LogP contribution in [-0.2, 0) is 25.4 Å². The topological polar surface area (TPSA) is 120 Å². The molecule has 0 saturated heterocycles. The van der Waals surface area contributed by atoms with Crippen LogP contribution in [0.4, 0.5) is 4.79 Å². The number of hydrogen-bond donors (Lipinski definition) is 2. The maximum absolute atomic E-state index is 12.4. The lowest BCUT2D eigenvalue weighted by Gasteiger charge is -2.12. The number of imidazole rings is 1. The number of imide groups is 1. The summed E-state index contributed by atoms with van der Waals surface area (Å²) in [6.07, 6.45) is 3.89. The van der Waals surface area contributed by atoms with Crippen LogP contribution in [0.1, 0.15) is 25.7 Å². The smallest absolute Gasteiger partial charge is 0.332 e. The van der Waals surface area contributed by atoms with Crippen LogP contribution < -0.4 is 21.9 Å². The van der Waals surface area contributed by atoms with E-state index in [2.05, 4.69) is 15.6 Å². The molecule has 0 aromatic carbocycles. The molecule has 0 bridgehead atoms. The summed E-state index contributed by atoms with van der Waals surface area (Å²) >= 11 is 6.04. The third-order valence-electron chi connectivity index (χ3n) is 4.55. The molecule has 10 nitrogen and oxygen atoms in total. The van der Waals surface area contributed by atoms with E-state index in [9.17, 15) is 19.2 Å². The van der Waals surface area contributed by atoms with Crippen LogP contribution in [0.25, 0.3) is 11.2 Å². The van der Waals surface area contributed by atoms with Gasteiger partial charge in [0.25, 0.3) is 5.56 Å². The SMILES string of the molecule is Cn1c(=O)c2c(nc(Cl)n2CC(=O)NC(=O)NC2CCCC2)n(C)c1=O. The van der Waals surface area contributed by atoms with Crippen LogP contribution in [0.5, 0.6) is 0 Å². The number of halogens is 1. The van der Waals surface area contributed by atoms with Crippen molar-refractivity contribution in [3.8, 4) is 0 Å². The molecule has 1 aliphatic carbocycles. The van der Waals surface area contributed by atoms with Crippen molar-refractivity contribution >= 4 is 34.7 Å². The molecule has 3 rings (SSSR count). The molecule has 11 heteroatoms. The van der Waals surface area contributed by atoms with Crippen molar-refractivity contribution < 1.29 is 9.59 Å². The standard InChI is InChI=1S/C15H19ClN6O4/c1-20-11-10(12(24)21(2)15(20)26)22(13(16)19-11)7-9(23)18-14(25)17-8-5-3-4-6-8/h8H,3-7H2,1-2H3,(H2,17,18,23,25). The van der Waals surface area contributed by atoms with Crippen molar-refractivity contribution in [3.63, 3.8) is 0 Å². The van der Waals surface area contributed by atoms with Gasteiger partial charge in [-0.25, -0.2) is 9.59 Å². The Morgan fingerprint density at radius 1 is 1.19 bits per heavy atom. The average molecular weight is 383 g/mol. The molecule has 2 N–H and O–H groups in total. The summed E-state index contributed by atoms with van der Waals surface area (Å²) in [5, 5.41) is 4.84. The second-order valence-electron chi connectivity index (χ2n) is 6.35. The van der Waals surface area contributed by atoms with Crippen molar-refractivity contribution in [1.82, 2.24) is 29.3 Å². The molecule has 140 valence electrons. The number of carbonyl (C=O) groups is 2. The summed E-state index contributed by atoms with van der Waals surface area (Å²) in [5.41, 5.74) is -1.08. The quantitative estimate of drug-likeness (QED) is 0.715. The highest BCUT2D eigenvalue weighted by molar-refractivity contribution is 6.29. The Balaban J connectivity index is 1.83. The number of fused-ring (bicyclic) bond motifs is 1. The molecule has 2 heterocycles. The number of aryl methyl sites for hydroxylation is 1. The number of urea groups is 1. The van der Waals surface area contributed by atoms with E-state index in [4.69, 9.17) is 11.6 Å². The summed E-state index contributed by atoms with van der Waals surface area (Å²) in [6, 6.07) is -0.509. The Bertz CT molecular complexity index is 998. The monoisotopic (exact) mass is 382 g/mol. The first-order chi connectivity index (χ1) is 12.3. The highest BCUT2D eigenvalue weighted by Crippen LogP contribution is 2.17. The van der Waals surface area contributed by atoms with Gasteiger partial charge in [0.15, 0.2) is 11.2 Å². The lowest BCUT2D eigenvalue weighted by Crippen LogP contribution is -2.45. The normalized spacial score (nSPS) is 14.7. The lowest BCUT2D eigenvalue weighted by molar-refractivity contribution is -0.120. The molecule has 0 unspecified atom stereocenters. The van der Waals surface area contributed by atoms with Crippen LogP contribution in [-0.4, -0.2) is 36.7 Å². The molecule has 0 radical (unpaired) electrons. The summed E-state index contributed by atoms with van der Waals surface area (Å²) in [7, 11) is 2.78. The minimum atomic E-state index is -0.641. The average Bonchev–Trinajstić information content (AvgIpc) is 3.19. The molecule has 2 aromatic heterocycles. The molecular weight excluding hydrogens is 364 g/mol. The molecule has 1 aliphatic rings. The number of nitrogens with zero attached hydrogens (tertiary/aromatic N) is 4. The van der Waals surface area contributed by atoms with Crippen molar-refractivity contribution in [2.75, 3.05) is 0 Å². The summed E-state index contributed by atoms with van der Waals surface area (Å²) in [5.74, 6) is -0.641. The number of amides is 3. The Morgan fingerprint density at radius 2 is 1.85 bits per heavy atom. The predicted molar refractivity (Wildman–Crippen MR) is 94.2 cm³/mol. The Morgan fingerprint density at radius 3 is 2.50 bits per heavy atom. The number of hydrogen-bond acceptors (Lipinski definition) is 5. The Hall–Kier alpha value is -2.62. The van der Waals surface area contributed by atoms with E-state index < -0.39 is 23.2 Å². The van der Waals surface area contributed by atoms with Gasteiger partial charge in [-0.15, -0.1) is 0 Å². The van der Waals surface area contributed by atoms with E-state index in [1.165, 1.54) is 23.2 Å². The fourth-order valence-corrected chi connectivity index (χ4v) is 3.39. The van der Waals surface area contributed by atoms with Crippen LogP contribution in [0.15, 0.2) is 9.59 Å². The fourth-order valence-electron chi connectivity index (χ4n) is 3.17. The number of carbonyl (C=O) groups excluding carboxylic acids is 2. The first kappa shape index (κ1) is 18.2. The number of rotatable bonds is 3. The van der Waals surface area contributed by atoms with E-state index in [0.717, 1.165) is 30.3 Å². The summed E-state index contributed by atoms with van der Waals surface area (Å²) in [4.78, 5) is 52.4. The zero-order valence-electron chi connectivity index (χ0n) is 14.4. The van der Waals surface area contributed by atoms with E-state index in [1.807, 2.05) is 0 Å². The van der Waals surface area contributed by atoms with Crippen molar-refractivity contribution in [3.05, 3.63) is 26.1 Å². The molecule has 0 spiro atoms. The maximum atomic E-state index is 12.4. The van der Waals surface area contributed by atoms with Gasteiger partial charge in [0.2, 0.25) is 11.2 Å². The highest BCUT2D eigenvalue weighted by atomic mass is 35.5. The predicted octanol–water partition coefficient (Wildman–Crippen LogP) is -0.144. The zero-order chi connectivity index (χ0) is 19.0. The molecule has 0 atom stereocenters. The second-order valence-corrected chi connectivity index (χ2v) is 6.69. The third kappa shape index (κ3) is 3.24. The maximum Gasteiger partial charge on any atom is 0.332 e. The van der Waals surface area contributed by atoms with Gasteiger partial charge in [0.1, 0.15) is 6.54 Å². The summed E-state index contributed by atoms with van der Waals surface area (Å²) < 4.78 is 3.25. The van der Waals surface area contributed by atoms with Crippen molar-refractivity contribution in [2.45, 2.75) is 38.3 Å². The fraction of sp³-hybridized carbons (Fsp3) is 0.533. The second kappa shape index (κ2) is 6.94. The molecule has 26 heavy (non-hydrogen) atoms. The van der Waals surface area contributed by atoms with Gasteiger partial charge in [-0.1, -0.05) is 12.8 Å². The van der Waals surface area contributed by atoms with E-state index in [1.54, 1.807) is 0 Å². The van der Waals surface area contributed by atoms with Gasteiger partial charge in [-0.05, 0) is 24.4 Å².